The molecule has 0 spiro atoms. The van der Waals surface area contributed by atoms with Crippen LogP contribution in [0.4, 0.5) is 4.79 Å². The molecule has 6 amide bonds. The summed E-state index contributed by atoms with van der Waals surface area (Å²) in [5, 5.41) is 19.0. The standard InChI is InChI=1S/C33H54N6O11/c1-6-10-22(28(43)31(46)35-14-24(40)37-27(29(34)44)20-11-8-7-9-12-20)36-30(45)23-13-21(49-17-25(41)42)15-39(23)32(47)26(19(4)5)38-33(48)50-16-18(2)3/h18-23,26-27H,6-17H2,1-5H3,(H2,34,44)(H,35,46)(H,36,45)(H,37,40)(H,38,48)(H,41,42)/t21-,22?,23+,26?,27?/m1/s1. The summed E-state index contributed by atoms with van der Waals surface area (Å²) in [6.45, 7) is 7.45. The molecule has 1 saturated heterocycles. The summed E-state index contributed by atoms with van der Waals surface area (Å²) in [7, 11) is 0. The van der Waals surface area contributed by atoms with Gasteiger partial charge in [0.2, 0.25) is 29.4 Å². The largest absolute Gasteiger partial charge is 0.480 e. The number of ketones is 1. The summed E-state index contributed by atoms with van der Waals surface area (Å²) < 4.78 is 10.6. The molecular formula is C33H54N6O11. The first kappa shape index (κ1) is 41.9. The molecule has 1 saturated carbocycles. The maximum Gasteiger partial charge on any atom is 0.407 e. The molecule has 0 aromatic carbocycles. The number of hydrogen-bond donors (Lipinski definition) is 6. The zero-order valence-electron chi connectivity index (χ0n) is 29.7. The highest BCUT2D eigenvalue weighted by molar-refractivity contribution is 6.38. The number of ether oxygens (including phenoxy) is 2. The van der Waals surface area contributed by atoms with Gasteiger partial charge in [-0.3, -0.25) is 28.8 Å². The van der Waals surface area contributed by atoms with Gasteiger partial charge in [-0.05, 0) is 37.0 Å². The summed E-state index contributed by atoms with van der Waals surface area (Å²) in [6, 6.07) is -4.57. The van der Waals surface area contributed by atoms with E-state index in [9.17, 15) is 38.4 Å². The Labute approximate surface area is 292 Å². The molecule has 3 unspecified atom stereocenters. The number of carboxylic acid groups (broad SMARTS) is 1. The number of aliphatic carboxylic acids is 1. The lowest BCUT2D eigenvalue weighted by atomic mass is 9.83. The van der Waals surface area contributed by atoms with Crippen molar-refractivity contribution in [1.29, 1.82) is 0 Å². The Kier molecular flexibility index (Phi) is 17.1. The monoisotopic (exact) mass is 710 g/mol. The SMILES string of the molecule is CCCC(NC(=O)[C@@H]1C[C@@H](OCC(=O)O)CN1C(=O)C(NC(=O)OCC(C)C)C(C)C)C(=O)C(=O)NCC(=O)NC(C(N)=O)C1CCCCC1. The van der Waals surface area contributed by atoms with Crippen LogP contribution in [0.25, 0.3) is 0 Å². The van der Waals surface area contributed by atoms with Crippen molar-refractivity contribution in [3.8, 4) is 0 Å². The zero-order chi connectivity index (χ0) is 37.5. The second kappa shape index (κ2) is 20.4. The summed E-state index contributed by atoms with van der Waals surface area (Å²) in [5.41, 5.74) is 5.51. The predicted octanol–water partition coefficient (Wildman–Crippen LogP) is -0.0155. The van der Waals surface area contributed by atoms with Crippen LogP contribution >= 0.6 is 0 Å². The van der Waals surface area contributed by atoms with Crippen LogP contribution in [-0.4, -0.2) is 114 Å². The van der Waals surface area contributed by atoms with Crippen LogP contribution in [0.1, 0.15) is 86.0 Å². The molecule has 2 rings (SSSR count). The maximum absolute atomic E-state index is 13.8. The van der Waals surface area contributed by atoms with Gasteiger partial charge in [0.05, 0.1) is 25.3 Å². The van der Waals surface area contributed by atoms with Gasteiger partial charge in [0, 0.05) is 13.0 Å². The summed E-state index contributed by atoms with van der Waals surface area (Å²) in [5.74, 6) is -6.76. The van der Waals surface area contributed by atoms with E-state index in [1.807, 2.05) is 13.8 Å². The highest BCUT2D eigenvalue weighted by Crippen LogP contribution is 2.27. The zero-order valence-corrected chi connectivity index (χ0v) is 29.7. The van der Waals surface area contributed by atoms with Crippen molar-refractivity contribution in [3.63, 3.8) is 0 Å². The molecule has 7 N–H and O–H groups in total. The first-order valence-electron chi connectivity index (χ1n) is 17.3. The van der Waals surface area contributed by atoms with Gasteiger partial charge in [0.1, 0.15) is 24.7 Å². The minimum Gasteiger partial charge on any atom is -0.480 e. The molecule has 1 aliphatic heterocycles. The van der Waals surface area contributed by atoms with Crippen LogP contribution in [0.15, 0.2) is 0 Å². The van der Waals surface area contributed by atoms with E-state index in [1.54, 1.807) is 20.8 Å². The van der Waals surface area contributed by atoms with Crippen molar-refractivity contribution >= 4 is 47.4 Å². The van der Waals surface area contributed by atoms with Gasteiger partial charge in [-0.25, -0.2) is 9.59 Å². The number of likely N-dealkylation sites (tertiary alicyclic amines) is 1. The van der Waals surface area contributed by atoms with Crippen molar-refractivity contribution in [2.45, 2.75) is 116 Å². The molecule has 17 nitrogen and oxygen atoms in total. The van der Waals surface area contributed by atoms with Gasteiger partial charge < -0.3 is 46.5 Å². The Balaban J connectivity index is 2.14. The number of Topliss-reactive ketones (excluding diaryl/α,β-unsaturated/α-hetero) is 1. The highest BCUT2D eigenvalue weighted by atomic mass is 16.5. The fourth-order valence-electron chi connectivity index (χ4n) is 6.05. The number of carbonyl (C=O) groups excluding carboxylic acids is 7. The van der Waals surface area contributed by atoms with Gasteiger partial charge in [-0.15, -0.1) is 0 Å². The molecule has 0 aromatic rings. The molecule has 0 bridgehead atoms. The Morgan fingerprint density at radius 3 is 2.16 bits per heavy atom. The fourth-order valence-corrected chi connectivity index (χ4v) is 6.05. The van der Waals surface area contributed by atoms with Crippen LogP contribution in [0.2, 0.25) is 0 Å². The van der Waals surface area contributed by atoms with Gasteiger partial charge in [0.15, 0.2) is 0 Å². The second-order valence-corrected chi connectivity index (χ2v) is 13.7. The average molecular weight is 711 g/mol. The number of carboxylic acids is 1. The second-order valence-electron chi connectivity index (χ2n) is 13.7. The molecule has 1 heterocycles. The molecule has 2 fully saturated rings. The van der Waals surface area contributed by atoms with Crippen LogP contribution in [0.3, 0.4) is 0 Å². The van der Waals surface area contributed by atoms with Crippen molar-refractivity contribution in [2.75, 3.05) is 26.3 Å². The number of primary amides is 1. The minimum absolute atomic E-state index is 0.0474. The predicted molar refractivity (Wildman–Crippen MR) is 178 cm³/mol. The molecule has 0 radical (unpaired) electrons. The molecule has 1 aliphatic carbocycles. The van der Waals surface area contributed by atoms with E-state index in [2.05, 4.69) is 21.3 Å². The van der Waals surface area contributed by atoms with Gasteiger partial charge >= 0.3 is 12.1 Å². The van der Waals surface area contributed by atoms with E-state index in [0.29, 0.717) is 6.42 Å². The summed E-state index contributed by atoms with van der Waals surface area (Å²) in [6.07, 6.45) is 2.94. The summed E-state index contributed by atoms with van der Waals surface area (Å²) in [4.78, 5) is 103. The normalized spacial score (nSPS) is 19.6. The van der Waals surface area contributed by atoms with E-state index in [1.165, 1.54) is 0 Å². The van der Waals surface area contributed by atoms with Crippen LogP contribution in [-0.2, 0) is 43.0 Å². The minimum atomic E-state index is -1.32. The molecule has 282 valence electrons. The number of nitrogens with one attached hydrogen (secondary N) is 4. The Morgan fingerprint density at radius 1 is 0.940 bits per heavy atom. The maximum atomic E-state index is 13.8. The third kappa shape index (κ3) is 13.2. The van der Waals surface area contributed by atoms with Crippen molar-refractivity contribution in [3.05, 3.63) is 0 Å². The highest BCUT2D eigenvalue weighted by Gasteiger charge is 2.44. The molecule has 50 heavy (non-hydrogen) atoms. The summed E-state index contributed by atoms with van der Waals surface area (Å²) >= 11 is 0. The van der Waals surface area contributed by atoms with Gasteiger partial charge in [-0.1, -0.05) is 60.3 Å². The Bertz CT molecular complexity index is 1240. The number of alkyl carbamates (subject to hydrolysis) is 1. The smallest absolute Gasteiger partial charge is 0.407 e. The molecule has 0 aromatic heterocycles. The first-order valence-corrected chi connectivity index (χ1v) is 17.3. The van der Waals surface area contributed by atoms with Crippen LogP contribution in [0.5, 0.6) is 0 Å². The number of rotatable bonds is 19. The van der Waals surface area contributed by atoms with E-state index >= 15 is 0 Å². The Morgan fingerprint density at radius 2 is 1.60 bits per heavy atom. The lowest BCUT2D eigenvalue weighted by Gasteiger charge is -2.31. The van der Waals surface area contributed by atoms with E-state index in [0.717, 1.165) is 37.0 Å². The van der Waals surface area contributed by atoms with Crippen molar-refractivity contribution in [2.24, 2.45) is 23.5 Å². The number of nitrogens with zero attached hydrogens (tertiary/aromatic N) is 1. The van der Waals surface area contributed by atoms with Gasteiger partial charge in [0.25, 0.3) is 5.91 Å². The van der Waals surface area contributed by atoms with Crippen molar-refractivity contribution in [1.82, 2.24) is 26.2 Å². The topological polar surface area (TPSA) is 253 Å². The number of carbonyl (C=O) groups is 8. The number of hydrogen-bond acceptors (Lipinski definition) is 10. The third-order valence-electron chi connectivity index (χ3n) is 8.63. The number of amides is 6. The van der Waals surface area contributed by atoms with E-state index in [4.69, 9.17) is 20.3 Å². The van der Waals surface area contributed by atoms with E-state index in [-0.39, 0.29) is 37.8 Å². The first-order chi connectivity index (χ1) is 23.5. The van der Waals surface area contributed by atoms with Crippen LogP contribution in [0, 0.1) is 17.8 Å². The molecule has 17 heteroatoms. The lowest BCUT2D eigenvalue weighted by molar-refractivity contribution is -0.144. The quantitative estimate of drug-likeness (QED) is 0.0972. The average Bonchev–Trinajstić information content (AvgIpc) is 3.50. The van der Waals surface area contributed by atoms with Gasteiger partial charge in [-0.2, -0.15) is 0 Å². The number of nitrogens with two attached hydrogens (primary N) is 1. The third-order valence-corrected chi connectivity index (χ3v) is 8.63. The molecular weight excluding hydrogens is 656 g/mol. The molecule has 5 atom stereocenters. The van der Waals surface area contributed by atoms with E-state index < -0.39 is 96.7 Å². The molecule has 2 aliphatic rings. The fraction of sp³-hybridized carbons (Fsp3) is 0.758. The van der Waals surface area contributed by atoms with Crippen LogP contribution < -0.4 is 27.0 Å². The lowest BCUT2D eigenvalue weighted by Crippen LogP contribution is -2.57. The Hall–Kier alpha value is -4.28. The van der Waals surface area contributed by atoms with Crippen molar-refractivity contribution < 1.29 is 52.9 Å².